The quantitative estimate of drug-likeness (QED) is 0.392. The van der Waals surface area contributed by atoms with E-state index in [1.807, 2.05) is 30.6 Å². The van der Waals surface area contributed by atoms with Crippen LogP contribution in [0.5, 0.6) is 5.75 Å². The summed E-state index contributed by atoms with van der Waals surface area (Å²) in [6.45, 7) is 2.73. The van der Waals surface area contributed by atoms with E-state index >= 15 is 0 Å². The molecule has 5 rings (SSSR count). The molecule has 3 heterocycles. The molecular formula is C25H28N6O. The van der Waals surface area contributed by atoms with Gasteiger partial charge in [0.25, 0.3) is 0 Å². The fraction of sp³-hybridized carbons (Fsp3) is 0.240. The molecule has 164 valence electrons. The first-order chi connectivity index (χ1) is 15.5. The number of rotatable bonds is 5. The molecule has 1 aliphatic heterocycles. The predicted molar refractivity (Wildman–Crippen MR) is 130 cm³/mol. The number of hydrogen-bond acceptors (Lipinski definition) is 3. The maximum atomic E-state index is 6.73. The molecule has 4 aromatic rings. The van der Waals surface area contributed by atoms with Crippen molar-refractivity contribution in [3.05, 3.63) is 77.8 Å². The highest BCUT2D eigenvalue weighted by Crippen LogP contribution is 2.26. The van der Waals surface area contributed by atoms with Gasteiger partial charge in [0.2, 0.25) is 0 Å². The number of aromatic nitrogens is 2. The molecule has 7 nitrogen and oxygen atoms in total. The molecule has 1 atom stereocenters. The van der Waals surface area contributed by atoms with Crippen LogP contribution in [0.2, 0.25) is 0 Å². The van der Waals surface area contributed by atoms with Gasteiger partial charge in [-0.1, -0.05) is 6.07 Å². The summed E-state index contributed by atoms with van der Waals surface area (Å²) in [6.07, 6.45) is 6.62. The van der Waals surface area contributed by atoms with Crippen LogP contribution in [-0.4, -0.2) is 29.2 Å². The minimum Gasteiger partial charge on any atom is -0.497 e. The summed E-state index contributed by atoms with van der Waals surface area (Å²) in [4.78, 5) is 8.04. The zero-order valence-electron chi connectivity index (χ0n) is 18.6. The molecule has 0 spiro atoms. The van der Waals surface area contributed by atoms with Gasteiger partial charge in [-0.25, -0.2) is 0 Å². The van der Waals surface area contributed by atoms with Gasteiger partial charge in [0, 0.05) is 53.5 Å². The van der Waals surface area contributed by atoms with Crippen molar-refractivity contribution in [1.82, 2.24) is 20.2 Å². The Hall–Kier alpha value is -3.71. The molecule has 1 unspecified atom stereocenters. The Balaban J connectivity index is 1.33. The van der Waals surface area contributed by atoms with Crippen molar-refractivity contribution in [3.8, 4) is 5.75 Å². The Labute approximate surface area is 187 Å². The number of aliphatic imine (C=N–C) groups is 1. The Kier molecular flexibility index (Phi) is 4.90. The number of aromatic amines is 1. The summed E-state index contributed by atoms with van der Waals surface area (Å²) < 4.78 is 7.54. The van der Waals surface area contributed by atoms with E-state index in [0.717, 1.165) is 28.6 Å². The molecule has 0 bridgehead atoms. The second-order valence-corrected chi connectivity index (χ2v) is 8.30. The Morgan fingerprint density at radius 3 is 2.88 bits per heavy atom. The average Bonchev–Trinajstić information content (AvgIpc) is 3.33. The molecule has 0 aliphatic carbocycles. The molecule has 1 aliphatic rings. The van der Waals surface area contributed by atoms with E-state index in [0.29, 0.717) is 12.5 Å². The van der Waals surface area contributed by atoms with Crippen LogP contribution in [-0.2, 0) is 19.1 Å². The summed E-state index contributed by atoms with van der Waals surface area (Å²) in [7, 11) is 3.76. The minimum atomic E-state index is -0.823. The number of hydrogen-bond donors (Lipinski definition) is 4. The lowest BCUT2D eigenvalue weighted by molar-refractivity contribution is 0.415. The summed E-state index contributed by atoms with van der Waals surface area (Å²) in [5.41, 5.74) is 11.6. The first kappa shape index (κ1) is 20.2. The SMILES string of the molecule is COc1ccc2[nH]cc(CCN=C3NC=CC(N)(c4ccc5c(c4)cc(C)n5C)N3)c2c1. The van der Waals surface area contributed by atoms with Crippen molar-refractivity contribution in [1.29, 1.82) is 0 Å². The summed E-state index contributed by atoms with van der Waals surface area (Å²) in [5, 5.41) is 8.88. The molecule has 2 aromatic heterocycles. The number of guanidine groups is 1. The van der Waals surface area contributed by atoms with Crippen molar-refractivity contribution in [2.75, 3.05) is 13.7 Å². The van der Waals surface area contributed by atoms with Crippen molar-refractivity contribution < 1.29 is 4.74 Å². The molecule has 32 heavy (non-hydrogen) atoms. The fourth-order valence-electron chi connectivity index (χ4n) is 4.30. The van der Waals surface area contributed by atoms with Crippen LogP contribution in [0.1, 0.15) is 16.8 Å². The maximum Gasteiger partial charge on any atom is 0.197 e. The van der Waals surface area contributed by atoms with E-state index in [2.05, 4.69) is 64.5 Å². The number of ether oxygens (including phenoxy) is 1. The smallest absolute Gasteiger partial charge is 0.197 e. The van der Waals surface area contributed by atoms with Gasteiger partial charge in [0.1, 0.15) is 11.4 Å². The topological polar surface area (TPSA) is 92.4 Å². The van der Waals surface area contributed by atoms with E-state index in [9.17, 15) is 0 Å². The van der Waals surface area contributed by atoms with Gasteiger partial charge in [0.05, 0.1) is 7.11 Å². The van der Waals surface area contributed by atoms with E-state index < -0.39 is 5.66 Å². The van der Waals surface area contributed by atoms with E-state index in [1.165, 1.54) is 22.2 Å². The molecule has 0 amide bonds. The van der Waals surface area contributed by atoms with E-state index in [4.69, 9.17) is 15.5 Å². The van der Waals surface area contributed by atoms with Gasteiger partial charge < -0.3 is 30.7 Å². The van der Waals surface area contributed by atoms with Crippen LogP contribution >= 0.6 is 0 Å². The second kappa shape index (κ2) is 7.76. The third kappa shape index (κ3) is 3.50. The van der Waals surface area contributed by atoms with Crippen LogP contribution in [0.3, 0.4) is 0 Å². The van der Waals surface area contributed by atoms with Gasteiger partial charge >= 0.3 is 0 Å². The summed E-state index contributed by atoms with van der Waals surface area (Å²) in [5.74, 6) is 1.51. The molecule has 0 radical (unpaired) electrons. The number of fused-ring (bicyclic) bond motifs is 2. The molecular weight excluding hydrogens is 400 g/mol. The molecule has 5 N–H and O–H groups in total. The van der Waals surface area contributed by atoms with Gasteiger partial charge in [-0.15, -0.1) is 0 Å². The van der Waals surface area contributed by atoms with Crippen LogP contribution < -0.4 is 21.1 Å². The normalized spacial score (nSPS) is 19.4. The van der Waals surface area contributed by atoms with Crippen LogP contribution in [0, 0.1) is 6.92 Å². The summed E-state index contributed by atoms with van der Waals surface area (Å²) in [6, 6.07) is 14.6. The van der Waals surface area contributed by atoms with Crippen LogP contribution in [0.25, 0.3) is 21.8 Å². The maximum absolute atomic E-state index is 6.73. The van der Waals surface area contributed by atoms with Gasteiger partial charge in [-0.2, -0.15) is 0 Å². The number of nitrogens with one attached hydrogen (secondary N) is 3. The lowest BCUT2D eigenvalue weighted by Crippen LogP contribution is -2.57. The monoisotopic (exact) mass is 428 g/mol. The van der Waals surface area contributed by atoms with Crippen molar-refractivity contribution >= 4 is 27.8 Å². The van der Waals surface area contributed by atoms with Crippen molar-refractivity contribution in [2.24, 2.45) is 17.8 Å². The van der Waals surface area contributed by atoms with Gasteiger partial charge in [0.15, 0.2) is 5.96 Å². The lowest BCUT2D eigenvalue weighted by Gasteiger charge is -2.32. The molecule has 7 heteroatoms. The highest BCUT2D eigenvalue weighted by molar-refractivity contribution is 5.86. The van der Waals surface area contributed by atoms with E-state index in [-0.39, 0.29) is 0 Å². The lowest BCUT2D eigenvalue weighted by atomic mass is 9.98. The predicted octanol–water partition coefficient (Wildman–Crippen LogP) is 3.39. The number of benzene rings is 2. The van der Waals surface area contributed by atoms with Gasteiger partial charge in [-0.05, 0) is 66.9 Å². The number of methoxy groups -OCH3 is 1. The highest BCUT2D eigenvalue weighted by atomic mass is 16.5. The number of aryl methyl sites for hydroxylation is 2. The molecule has 0 fully saturated rings. The number of nitrogens with two attached hydrogens (primary N) is 1. The largest absolute Gasteiger partial charge is 0.497 e. The van der Waals surface area contributed by atoms with Crippen LogP contribution in [0.15, 0.2) is 65.9 Å². The Morgan fingerprint density at radius 1 is 1.16 bits per heavy atom. The zero-order chi connectivity index (χ0) is 22.3. The highest BCUT2D eigenvalue weighted by Gasteiger charge is 2.28. The standard InChI is InChI=1S/C25H28N6O/c1-16-12-18-13-19(4-7-23(18)31(16)2)25(26)9-11-28-24(30-25)27-10-8-17-15-29-22-6-5-20(32-3)14-21(17)22/h4-7,9,11-15,29H,8,10,26H2,1-3H3,(H2,27,28,30). The first-order valence-electron chi connectivity index (χ1n) is 10.7. The van der Waals surface area contributed by atoms with Crippen molar-refractivity contribution in [3.63, 3.8) is 0 Å². The average molecular weight is 429 g/mol. The van der Waals surface area contributed by atoms with E-state index in [1.54, 1.807) is 7.11 Å². The number of H-pyrrole nitrogens is 1. The minimum absolute atomic E-state index is 0.625. The molecule has 0 saturated heterocycles. The Bertz CT molecular complexity index is 1360. The van der Waals surface area contributed by atoms with Gasteiger partial charge in [-0.3, -0.25) is 4.99 Å². The summed E-state index contributed by atoms with van der Waals surface area (Å²) >= 11 is 0. The zero-order valence-corrected chi connectivity index (χ0v) is 18.6. The number of nitrogens with zero attached hydrogens (tertiary/aromatic N) is 2. The van der Waals surface area contributed by atoms with Crippen LogP contribution in [0.4, 0.5) is 0 Å². The third-order valence-electron chi connectivity index (χ3n) is 6.28. The Morgan fingerprint density at radius 2 is 2.03 bits per heavy atom. The fourth-order valence-corrected chi connectivity index (χ4v) is 4.30. The van der Waals surface area contributed by atoms with Crippen molar-refractivity contribution in [2.45, 2.75) is 19.0 Å². The second-order valence-electron chi connectivity index (χ2n) is 8.30. The molecule has 2 aromatic carbocycles. The molecule has 0 saturated carbocycles. The first-order valence-corrected chi connectivity index (χ1v) is 10.7. The third-order valence-corrected chi connectivity index (χ3v) is 6.28.